The summed E-state index contributed by atoms with van der Waals surface area (Å²) >= 11 is 0. The maximum atomic E-state index is 13.0. The van der Waals surface area contributed by atoms with Gasteiger partial charge in [0.15, 0.2) is 0 Å². The van der Waals surface area contributed by atoms with Crippen LogP contribution in [0, 0.1) is 0 Å². The second kappa shape index (κ2) is 12.5. The highest BCUT2D eigenvalue weighted by atomic mass is 32.2. The van der Waals surface area contributed by atoms with E-state index in [2.05, 4.69) is 5.32 Å². The minimum absolute atomic E-state index is 0.0825. The van der Waals surface area contributed by atoms with Gasteiger partial charge in [-0.1, -0.05) is 19.3 Å². The second-order valence-electron chi connectivity index (χ2n) is 8.59. The van der Waals surface area contributed by atoms with E-state index in [9.17, 15) is 13.2 Å². The second-order valence-corrected chi connectivity index (χ2v) is 10.6. The van der Waals surface area contributed by atoms with Gasteiger partial charge < -0.3 is 14.8 Å². The number of ether oxygens (including phenoxy) is 2. The molecule has 1 aliphatic heterocycles. The van der Waals surface area contributed by atoms with Crippen LogP contribution in [-0.2, 0) is 15.0 Å². The molecule has 0 atom stereocenters. The van der Waals surface area contributed by atoms with Gasteiger partial charge in [0.05, 0.1) is 19.7 Å². The number of rotatable bonds is 11. The highest BCUT2D eigenvalue weighted by Gasteiger charge is 2.34. The van der Waals surface area contributed by atoms with E-state index in [0.717, 1.165) is 37.2 Å². The van der Waals surface area contributed by atoms with Crippen molar-refractivity contribution in [1.82, 2.24) is 18.8 Å². The number of hydrogen-bond acceptors (Lipinski definition) is 6. The van der Waals surface area contributed by atoms with E-state index < -0.39 is 10.2 Å². The summed E-state index contributed by atoms with van der Waals surface area (Å²) in [5, 5.41) is 2.86. The van der Waals surface area contributed by atoms with E-state index in [1.807, 2.05) is 36.1 Å². The lowest BCUT2D eigenvalue weighted by molar-refractivity contribution is -0.122. The lowest BCUT2D eigenvalue weighted by atomic mass is 9.96. The van der Waals surface area contributed by atoms with Crippen LogP contribution in [0.4, 0.5) is 0 Å². The molecule has 186 valence electrons. The van der Waals surface area contributed by atoms with Crippen molar-refractivity contribution < 1.29 is 22.7 Å². The van der Waals surface area contributed by atoms with Crippen LogP contribution < -0.4 is 14.8 Å². The first-order chi connectivity index (χ1) is 15.9. The Morgan fingerprint density at radius 2 is 1.64 bits per heavy atom. The Kier molecular flexibility index (Phi) is 9.78. The van der Waals surface area contributed by atoms with E-state index >= 15 is 0 Å². The van der Waals surface area contributed by atoms with Gasteiger partial charge in [0.1, 0.15) is 18.1 Å². The Labute approximate surface area is 198 Å². The Hall–Kier alpha value is -1.88. The molecule has 1 amide bonds. The molecule has 1 saturated carbocycles. The summed E-state index contributed by atoms with van der Waals surface area (Å²) in [6.07, 6.45) is 5.27. The highest BCUT2D eigenvalue weighted by Crippen LogP contribution is 2.25. The number of nitrogens with zero attached hydrogens (tertiary/aromatic N) is 3. The highest BCUT2D eigenvalue weighted by molar-refractivity contribution is 7.86. The van der Waals surface area contributed by atoms with Gasteiger partial charge in [-0.05, 0) is 44.0 Å². The maximum absolute atomic E-state index is 13.0. The quantitative estimate of drug-likeness (QED) is 0.483. The number of carbonyl (C=O) groups is 1. The molecule has 0 spiro atoms. The molecule has 1 aliphatic carbocycles. The van der Waals surface area contributed by atoms with Gasteiger partial charge in [-0.25, -0.2) is 0 Å². The first kappa shape index (κ1) is 25.7. The predicted molar refractivity (Wildman–Crippen MR) is 128 cm³/mol. The first-order valence-electron chi connectivity index (χ1n) is 12.0. The number of nitrogens with one attached hydrogen (secondary N) is 1. The maximum Gasteiger partial charge on any atom is 0.282 e. The molecule has 1 heterocycles. The molecule has 1 aromatic rings. The van der Waals surface area contributed by atoms with E-state index in [1.54, 1.807) is 15.7 Å². The zero-order valence-corrected chi connectivity index (χ0v) is 20.7. The van der Waals surface area contributed by atoms with Crippen LogP contribution in [0.25, 0.3) is 0 Å². The standard InChI is InChI=1S/C23H38N4O5S/c1-3-31-21-9-11-22(12-10-21)32-18-13-24-23(28)19-26-14-16-27(17-15-26)33(29,30)25(2)20-7-5-4-6-8-20/h9-12,20H,3-8,13-19H2,1-2H3,(H,24,28). The number of amides is 1. The van der Waals surface area contributed by atoms with Crippen molar-refractivity contribution in [2.24, 2.45) is 0 Å². The van der Waals surface area contributed by atoms with Crippen molar-refractivity contribution in [3.8, 4) is 11.5 Å². The summed E-state index contributed by atoms with van der Waals surface area (Å²) in [5.74, 6) is 1.44. The van der Waals surface area contributed by atoms with Crippen LogP contribution in [0.2, 0.25) is 0 Å². The van der Waals surface area contributed by atoms with Gasteiger partial charge in [-0.2, -0.15) is 17.0 Å². The van der Waals surface area contributed by atoms with E-state index in [0.29, 0.717) is 45.9 Å². The molecule has 0 aromatic heterocycles. The zero-order valence-electron chi connectivity index (χ0n) is 19.9. The topological polar surface area (TPSA) is 91.4 Å². The molecule has 1 saturated heterocycles. The number of carbonyl (C=O) groups excluding carboxylic acids is 1. The third kappa shape index (κ3) is 7.56. The molecule has 10 heteroatoms. The molecule has 0 bridgehead atoms. The van der Waals surface area contributed by atoms with Gasteiger partial charge in [0.25, 0.3) is 10.2 Å². The molecule has 1 N–H and O–H groups in total. The molecule has 0 radical (unpaired) electrons. The first-order valence-corrected chi connectivity index (χ1v) is 13.4. The van der Waals surface area contributed by atoms with E-state index in [-0.39, 0.29) is 18.5 Å². The summed E-state index contributed by atoms with van der Waals surface area (Å²) in [7, 11) is -1.74. The van der Waals surface area contributed by atoms with Crippen LogP contribution in [-0.4, -0.2) is 93.4 Å². The number of piperazine rings is 1. The molecule has 33 heavy (non-hydrogen) atoms. The Balaban J connectivity index is 1.33. The average Bonchev–Trinajstić information content (AvgIpc) is 2.83. The predicted octanol–water partition coefficient (Wildman–Crippen LogP) is 1.71. The Morgan fingerprint density at radius 1 is 1.03 bits per heavy atom. The SMILES string of the molecule is CCOc1ccc(OCCNC(=O)CN2CCN(S(=O)(=O)N(C)C3CCCCC3)CC2)cc1. The molecule has 2 fully saturated rings. The fourth-order valence-electron chi connectivity index (χ4n) is 4.35. The Bertz CT molecular complexity index is 835. The van der Waals surface area contributed by atoms with Gasteiger partial charge in [-0.3, -0.25) is 9.69 Å². The summed E-state index contributed by atoms with van der Waals surface area (Å²) < 4.78 is 40.1. The molecular weight excluding hydrogens is 444 g/mol. The van der Waals surface area contributed by atoms with Crippen molar-refractivity contribution in [1.29, 1.82) is 0 Å². The van der Waals surface area contributed by atoms with E-state index in [1.165, 1.54) is 6.42 Å². The van der Waals surface area contributed by atoms with Crippen molar-refractivity contribution in [3.05, 3.63) is 24.3 Å². The monoisotopic (exact) mass is 482 g/mol. The average molecular weight is 483 g/mol. The lowest BCUT2D eigenvalue weighted by Gasteiger charge is -2.38. The number of benzene rings is 1. The molecule has 1 aromatic carbocycles. The van der Waals surface area contributed by atoms with Gasteiger partial charge >= 0.3 is 0 Å². The summed E-state index contributed by atoms with van der Waals surface area (Å²) in [4.78, 5) is 14.3. The van der Waals surface area contributed by atoms with Crippen LogP contribution in [0.1, 0.15) is 39.0 Å². The van der Waals surface area contributed by atoms with Gasteiger partial charge in [-0.15, -0.1) is 0 Å². The summed E-state index contributed by atoms with van der Waals surface area (Å²) in [5.41, 5.74) is 0. The van der Waals surface area contributed by atoms with Crippen LogP contribution in [0.15, 0.2) is 24.3 Å². The van der Waals surface area contributed by atoms with E-state index in [4.69, 9.17) is 9.47 Å². The fourth-order valence-corrected chi connectivity index (χ4v) is 5.93. The van der Waals surface area contributed by atoms with Crippen LogP contribution >= 0.6 is 0 Å². The molecule has 0 unspecified atom stereocenters. The lowest BCUT2D eigenvalue weighted by Crippen LogP contribution is -2.55. The van der Waals surface area contributed by atoms with Crippen LogP contribution in [0.5, 0.6) is 11.5 Å². The van der Waals surface area contributed by atoms with Crippen molar-refractivity contribution in [3.63, 3.8) is 0 Å². The third-order valence-corrected chi connectivity index (χ3v) is 8.35. The molecule has 9 nitrogen and oxygen atoms in total. The summed E-state index contributed by atoms with van der Waals surface area (Å²) in [6, 6.07) is 7.49. The van der Waals surface area contributed by atoms with Gasteiger partial charge in [0, 0.05) is 39.3 Å². The minimum atomic E-state index is -3.45. The third-order valence-electron chi connectivity index (χ3n) is 6.31. The molecule has 3 rings (SSSR count). The van der Waals surface area contributed by atoms with Crippen molar-refractivity contribution in [2.45, 2.75) is 45.1 Å². The van der Waals surface area contributed by atoms with Crippen LogP contribution in [0.3, 0.4) is 0 Å². The van der Waals surface area contributed by atoms with Gasteiger partial charge in [0.2, 0.25) is 5.91 Å². The number of hydrogen-bond donors (Lipinski definition) is 1. The Morgan fingerprint density at radius 3 is 2.24 bits per heavy atom. The normalized spacial score (nSPS) is 18.9. The van der Waals surface area contributed by atoms with Crippen molar-refractivity contribution in [2.75, 3.05) is 59.5 Å². The largest absolute Gasteiger partial charge is 0.494 e. The zero-order chi connectivity index (χ0) is 23.7. The summed E-state index contributed by atoms with van der Waals surface area (Å²) in [6.45, 7) is 5.52. The smallest absolute Gasteiger partial charge is 0.282 e. The fraction of sp³-hybridized carbons (Fsp3) is 0.696. The van der Waals surface area contributed by atoms with Crippen molar-refractivity contribution >= 4 is 16.1 Å². The minimum Gasteiger partial charge on any atom is -0.494 e. The molecule has 2 aliphatic rings. The molecular formula is C23H38N4O5S.